The average Bonchev–Trinajstić information content (AvgIpc) is 2.46. The van der Waals surface area contributed by atoms with Crippen LogP contribution in [0.2, 0.25) is 0 Å². The normalized spacial score (nSPS) is 10.3. The number of anilines is 1. The van der Waals surface area contributed by atoms with Crippen LogP contribution in [0.15, 0.2) is 18.2 Å². The summed E-state index contributed by atoms with van der Waals surface area (Å²) >= 11 is 0. The van der Waals surface area contributed by atoms with E-state index in [1.807, 2.05) is 32.2 Å². The van der Waals surface area contributed by atoms with Gasteiger partial charge in [-0.3, -0.25) is 4.79 Å². The van der Waals surface area contributed by atoms with Crippen molar-refractivity contribution in [1.82, 2.24) is 5.32 Å². The molecule has 112 valence electrons. The zero-order chi connectivity index (χ0) is 14.8. The van der Waals surface area contributed by atoms with Gasteiger partial charge in [0.25, 0.3) is 5.91 Å². The Hall–Kier alpha value is -1.51. The number of aryl methyl sites for hydroxylation is 1. The summed E-state index contributed by atoms with van der Waals surface area (Å²) in [5, 5.41) is 6.10. The van der Waals surface area contributed by atoms with Crippen LogP contribution in [0.3, 0.4) is 0 Å². The summed E-state index contributed by atoms with van der Waals surface area (Å²) in [4.78, 5) is 12.0. The largest absolute Gasteiger partial charge is 0.388 e. The maximum absolute atomic E-state index is 12.0. The highest BCUT2D eigenvalue weighted by molar-refractivity contribution is 5.94. The van der Waals surface area contributed by atoms with E-state index in [0.717, 1.165) is 29.8 Å². The van der Waals surface area contributed by atoms with Crippen molar-refractivity contribution in [2.24, 2.45) is 0 Å². The third kappa shape index (κ3) is 5.64. The summed E-state index contributed by atoms with van der Waals surface area (Å²) in [6, 6.07) is 5.76. The molecule has 0 unspecified atom stereocenters. The summed E-state index contributed by atoms with van der Waals surface area (Å²) in [5.41, 5.74) is 2.91. The molecule has 1 rings (SSSR count). The molecule has 0 heterocycles. The van der Waals surface area contributed by atoms with Gasteiger partial charge in [0, 0.05) is 24.8 Å². The third-order valence-electron chi connectivity index (χ3n) is 3.57. The van der Waals surface area contributed by atoms with E-state index in [2.05, 4.69) is 17.6 Å². The van der Waals surface area contributed by atoms with Gasteiger partial charge in [-0.15, -0.1) is 0 Å². The third-order valence-corrected chi connectivity index (χ3v) is 3.57. The van der Waals surface area contributed by atoms with Crippen LogP contribution >= 0.6 is 0 Å². The Kier molecular flexibility index (Phi) is 7.78. The molecule has 0 saturated carbocycles. The zero-order valence-corrected chi connectivity index (χ0v) is 13.1. The maximum Gasteiger partial charge on any atom is 0.251 e. The van der Waals surface area contributed by atoms with Crippen LogP contribution in [-0.4, -0.2) is 19.5 Å². The van der Waals surface area contributed by atoms with Crippen LogP contribution < -0.4 is 10.6 Å². The van der Waals surface area contributed by atoms with Crippen molar-refractivity contribution in [3.8, 4) is 0 Å². The average molecular weight is 276 g/mol. The molecule has 3 nitrogen and oxygen atoms in total. The van der Waals surface area contributed by atoms with Crippen LogP contribution in [0.5, 0.6) is 0 Å². The van der Waals surface area contributed by atoms with Crippen molar-refractivity contribution in [3.05, 3.63) is 29.3 Å². The summed E-state index contributed by atoms with van der Waals surface area (Å²) in [6.45, 7) is 5.01. The number of hydrogen-bond acceptors (Lipinski definition) is 2. The van der Waals surface area contributed by atoms with Crippen LogP contribution in [0.25, 0.3) is 0 Å². The molecule has 0 fully saturated rings. The van der Waals surface area contributed by atoms with Gasteiger partial charge in [0.05, 0.1) is 0 Å². The van der Waals surface area contributed by atoms with Crippen molar-refractivity contribution in [2.45, 2.75) is 52.4 Å². The van der Waals surface area contributed by atoms with E-state index in [9.17, 15) is 4.79 Å². The van der Waals surface area contributed by atoms with Crippen molar-refractivity contribution in [2.75, 3.05) is 18.9 Å². The van der Waals surface area contributed by atoms with Gasteiger partial charge >= 0.3 is 0 Å². The van der Waals surface area contributed by atoms with E-state index >= 15 is 0 Å². The number of carbonyl (C=O) groups is 1. The van der Waals surface area contributed by atoms with Crippen LogP contribution in [0.1, 0.15) is 61.4 Å². The highest BCUT2D eigenvalue weighted by Crippen LogP contribution is 2.15. The molecule has 3 heteroatoms. The van der Waals surface area contributed by atoms with E-state index < -0.39 is 0 Å². The molecule has 0 aliphatic carbocycles. The van der Waals surface area contributed by atoms with Gasteiger partial charge in [0.1, 0.15) is 0 Å². The molecule has 0 aliphatic rings. The lowest BCUT2D eigenvalue weighted by Gasteiger charge is -2.09. The second-order valence-electron chi connectivity index (χ2n) is 5.30. The second kappa shape index (κ2) is 9.40. The van der Waals surface area contributed by atoms with Crippen LogP contribution in [-0.2, 0) is 0 Å². The predicted octanol–water partition coefficient (Wildman–Crippen LogP) is 4.13. The predicted molar refractivity (Wildman–Crippen MR) is 86.4 cm³/mol. The monoisotopic (exact) mass is 276 g/mol. The number of rotatable bonds is 9. The summed E-state index contributed by atoms with van der Waals surface area (Å²) in [7, 11) is 1.89. The minimum absolute atomic E-state index is 0.0318. The van der Waals surface area contributed by atoms with E-state index in [4.69, 9.17) is 0 Å². The Morgan fingerprint density at radius 1 is 1.10 bits per heavy atom. The molecule has 0 atom stereocenters. The number of unbranched alkanes of at least 4 members (excludes halogenated alkanes) is 5. The lowest BCUT2D eigenvalue weighted by Crippen LogP contribution is -2.24. The first-order valence-corrected chi connectivity index (χ1v) is 7.75. The lowest BCUT2D eigenvalue weighted by atomic mass is 10.1. The fourth-order valence-corrected chi connectivity index (χ4v) is 2.29. The molecule has 1 aromatic rings. The quantitative estimate of drug-likeness (QED) is 0.666. The Labute approximate surface area is 123 Å². The second-order valence-corrected chi connectivity index (χ2v) is 5.30. The molecule has 0 bridgehead atoms. The fourth-order valence-electron chi connectivity index (χ4n) is 2.29. The molecule has 0 saturated heterocycles. The lowest BCUT2D eigenvalue weighted by molar-refractivity contribution is 0.0953. The number of nitrogens with one attached hydrogen (secondary N) is 2. The van der Waals surface area contributed by atoms with E-state index in [0.29, 0.717) is 0 Å². The molecule has 0 radical (unpaired) electrons. The number of hydrogen-bond donors (Lipinski definition) is 2. The minimum Gasteiger partial charge on any atom is -0.388 e. The first-order chi connectivity index (χ1) is 9.69. The Bertz CT molecular complexity index is 415. The van der Waals surface area contributed by atoms with Gasteiger partial charge < -0.3 is 10.6 Å². The van der Waals surface area contributed by atoms with Crippen molar-refractivity contribution < 1.29 is 4.79 Å². The fraction of sp³-hybridized carbons (Fsp3) is 0.588. The standard InChI is InChI=1S/C17H28N2O/c1-4-5-6-7-8-9-12-19-17(20)15-10-11-16(18-3)14(2)13-15/h10-11,13,18H,4-9,12H2,1-3H3,(H,19,20). The SMILES string of the molecule is CCCCCCCCNC(=O)c1ccc(NC)c(C)c1. The van der Waals surface area contributed by atoms with E-state index in [1.54, 1.807) is 0 Å². The van der Waals surface area contributed by atoms with Gasteiger partial charge in [0.15, 0.2) is 0 Å². The first kappa shape index (κ1) is 16.5. The van der Waals surface area contributed by atoms with E-state index in [-0.39, 0.29) is 5.91 Å². The van der Waals surface area contributed by atoms with Gasteiger partial charge in [-0.05, 0) is 37.1 Å². The molecule has 2 N–H and O–H groups in total. The molecule has 1 amide bonds. The smallest absolute Gasteiger partial charge is 0.251 e. The molecule has 20 heavy (non-hydrogen) atoms. The summed E-state index contributed by atoms with van der Waals surface area (Å²) in [5.74, 6) is 0.0318. The van der Waals surface area contributed by atoms with Gasteiger partial charge in [0.2, 0.25) is 0 Å². The van der Waals surface area contributed by atoms with Crippen molar-refractivity contribution in [1.29, 1.82) is 0 Å². The van der Waals surface area contributed by atoms with Crippen molar-refractivity contribution in [3.63, 3.8) is 0 Å². The summed E-state index contributed by atoms with van der Waals surface area (Å²) in [6.07, 6.45) is 7.47. The molecular formula is C17H28N2O. The maximum atomic E-state index is 12.0. The Morgan fingerprint density at radius 3 is 2.45 bits per heavy atom. The van der Waals surface area contributed by atoms with Gasteiger partial charge in [-0.25, -0.2) is 0 Å². The molecule has 1 aromatic carbocycles. The highest BCUT2D eigenvalue weighted by Gasteiger charge is 2.06. The first-order valence-electron chi connectivity index (χ1n) is 7.75. The zero-order valence-electron chi connectivity index (χ0n) is 13.1. The van der Waals surface area contributed by atoms with Gasteiger partial charge in [-0.1, -0.05) is 39.0 Å². The topological polar surface area (TPSA) is 41.1 Å². The molecule has 0 aromatic heterocycles. The Morgan fingerprint density at radius 2 is 1.80 bits per heavy atom. The summed E-state index contributed by atoms with van der Waals surface area (Å²) < 4.78 is 0. The van der Waals surface area contributed by atoms with Gasteiger partial charge in [-0.2, -0.15) is 0 Å². The molecule has 0 aliphatic heterocycles. The van der Waals surface area contributed by atoms with E-state index in [1.165, 1.54) is 32.1 Å². The van der Waals surface area contributed by atoms with Crippen LogP contribution in [0, 0.1) is 6.92 Å². The number of carbonyl (C=O) groups excluding carboxylic acids is 1. The number of amides is 1. The number of benzene rings is 1. The highest BCUT2D eigenvalue weighted by atomic mass is 16.1. The van der Waals surface area contributed by atoms with Crippen LogP contribution in [0.4, 0.5) is 5.69 Å². The van der Waals surface area contributed by atoms with Crippen molar-refractivity contribution >= 4 is 11.6 Å². The molecule has 0 spiro atoms. The Balaban J connectivity index is 2.27. The minimum atomic E-state index is 0.0318. The molecular weight excluding hydrogens is 248 g/mol.